The minimum atomic E-state index is -0.647. The van der Waals surface area contributed by atoms with E-state index < -0.39 is 11.6 Å². The van der Waals surface area contributed by atoms with Gasteiger partial charge in [-0.25, -0.2) is 13.8 Å². The van der Waals surface area contributed by atoms with Crippen LogP contribution in [-0.4, -0.2) is 16.5 Å². The molecular formula is C14H15F2N3O. The molecule has 0 aliphatic carbocycles. The highest BCUT2D eigenvalue weighted by Crippen LogP contribution is 2.10. The topological polar surface area (TPSA) is 57.8 Å². The molecule has 0 saturated carbocycles. The largest absolute Gasteiger partial charge is 0.311 e. The van der Waals surface area contributed by atoms with Crippen LogP contribution in [0.25, 0.3) is 0 Å². The van der Waals surface area contributed by atoms with Gasteiger partial charge in [0.05, 0.1) is 5.69 Å². The molecule has 0 amide bonds. The quantitative estimate of drug-likeness (QED) is 0.876. The van der Waals surface area contributed by atoms with Crippen molar-refractivity contribution in [2.45, 2.75) is 19.9 Å². The van der Waals surface area contributed by atoms with Crippen LogP contribution in [0.3, 0.4) is 0 Å². The Balaban J connectivity index is 2.24. The van der Waals surface area contributed by atoms with E-state index in [-0.39, 0.29) is 12.0 Å². The van der Waals surface area contributed by atoms with Crippen LogP contribution in [-0.2, 0) is 13.0 Å². The van der Waals surface area contributed by atoms with Gasteiger partial charge in [-0.05, 0) is 24.2 Å². The van der Waals surface area contributed by atoms with E-state index in [1.807, 2.05) is 6.92 Å². The van der Waals surface area contributed by atoms with Crippen LogP contribution >= 0.6 is 0 Å². The lowest BCUT2D eigenvalue weighted by Crippen LogP contribution is -2.18. The Hall–Kier alpha value is -2.08. The number of hydrogen-bond acceptors (Lipinski definition) is 3. The predicted molar refractivity (Wildman–Crippen MR) is 71.4 cm³/mol. The number of rotatable bonds is 5. The second-order valence-electron chi connectivity index (χ2n) is 4.42. The minimum absolute atomic E-state index is 0.171. The molecule has 106 valence electrons. The predicted octanol–water partition coefficient (Wildman–Crippen LogP) is 1.75. The summed E-state index contributed by atoms with van der Waals surface area (Å²) in [4.78, 5) is 18.4. The number of hydrogen-bond donors (Lipinski definition) is 2. The summed E-state index contributed by atoms with van der Waals surface area (Å²) in [6.07, 6.45) is 0.171. The maximum Gasteiger partial charge on any atom is 0.251 e. The zero-order chi connectivity index (χ0) is 14.5. The van der Waals surface area contributed by atoms with Crippen LogP contribution in [0.5, 0.6) is 0 Å². The fourth-order valence-corrected chi connectivity index (χ4v) is 1.90. The van der Waals surface area contributed by atoms with Crippen molar-refractivity contribution in [2.75, 3.05) is 6.54 Å². The molecule has 0 aliphatic heterocycles. The Morgan fingerprint density at radius 2 is 1.90 bits per heavy atom. The molecule has 2 aromatic rings. The number of nitrogens with one attached hydrogen (secondary N) is 2. The number of benzene rings is 1. The van der Waals surface area contributed by atoms with Crippen LogP contribution in [0, 0.1) is 11.6 Å². The van der Waals surface area contributed by atoms with Crippen molar-refractivity contribution in [1.82, 2.24) is 15.3 Å². The molecule has 2 rings (SSSR count). The summed E-state index contributed by atoms with van der Waals surface area (Å²) >= 11 is 0. The molecule has 4 nitrogen and oxygen atoms in total. The number of aromatic nitrogens is 2. The molecular weight excluding hydrogens is 264 g/mol. The zero-order valence-electron chi connectivity index (χ0n) is 11.0. The van der Waals surface area contributed by atoms with E-state index in [1.165, 1.54) is 18.2 Å². The van der Waals surface area contributed by atoms with Crippen molar-refractivity contribution in [2.24, 2.45) is 0 Å². The second kappa shape index (κ2) is 6.38. The summed E-state index contributed by atoms with van der Waals surface area (Å²) in [5.41, 5.74) is 0.744. The molecule has 0 bridgehead atoms. The fraction of sp³-hybridized carbons (Fsp3) is 0.286. The van der Waals surface area contributed by atoms with Gasteiger partial charge in [-0.15, -0.1) is 0 Å². The molecule has 1 heterocycles. The number of halogens is 2. The molecule has 0 fully saturated rings. The third-order valence-electron chi connectivity index (χ3n) is 2.69. The number of H-pyrrole nitrogens is 1. The van der Waals surface area contributed by atoms with Gasteiger partial charge in [0.2, 0.25) is 0 Å². The molecule has 0 atom stereocenters. The Kier molecular flexibility index (Phi) is 4.57. The smallest absolute Gasteiger partial charge is 0.251 e. The van der Waals surface area contributed by atoms with Crippen LogP contribution < -0.4 is 10.9 Å². The highest BCUT2D eigenvalue weighted by atomic mass is 19.1. The average molecular weight is 279 g/mol. The van der Waals surface area contributed by atoms with Gasteiger partial charge in [-0.1, -0.05) is 6.92 Å². The van der Waals surface area contributed by atoms with Crippen molar-refractivity contribution in [1.29, 1.82) is 0 Å². The lowest BCUT2D eigenvalue weighted by atomic mass is 10.1. The highest BCUT2D eigenvalue weighted by molar-refractivity contribution is 5.21. The molecule has 6 heteroatoms. The third kappa shape index (κ3) is 3.96. The van der Waals surface area contributed by atoms with Gasteiger partial charge < -0.3 is 10.3 Å². The average Bonchev–Trinajstić information content (AvgIpc) is 2.34. The highest BCUT2D eigenvalue weighted by Gasteiger charge is 2.05. The van der Waals surface area contributed by atoms with E-state index >= 15 is 0 Å². The molecule has 1 aromatic carbocycles. The first-order valence-electron chi connectivity index (χ1n) is 6.31. The standard InChI is InChI=1S/C14H15F2N3O/c1-2-17-8-12-7-14(20)19-13(18-12)5-9-3-10(15)6-11(16)4-9/h3-4,6-7,17H,2,5,8H2,1H3,(H,18,19,20). The van der Waals surface area contributed by atoms with Crippen molar-refractivity contribution < 1.29 is 8.78 Å². The molecule has 2 N–H and O–H groups in total. The van der Waals surface area contributed by atoms with Crippen LogP contribution in [0.4, 0.5) is 8.78 Å². The zero-order valence-corrected chi connectivity index (χ0v) is 11.0. The summed E-state index contributed by atoms with van der Waals surface area (Å²) in [6.45, 7) is 3.19. The van der Waals surface area contributed by atoms with Gasteiger partial charge >= 0.3 is 0 Å². The third-order valence-corrected chi connectivity index (χ3v) is 2.69. The Bertz CT molecular complexity index is 635. The normalized spacial score (nSPS) is 10.8. The molecule has 1 aromatic heterocycles. The van der Waals surface area contributed by atoms with Gasteiger partial charge in [0, 0.05) is 25.1 Å². The number of nitrogens with zero attached hydrogens (tertiary/aromatic N) is 1. The van der Waals surface area contributed by atoms with Crippen molar-refractivity contribution in [3.05, 3.63) is 63.3 Å². The maximum absolute atomic E-state index is 13.1. The lowest BCUT2D eigenvalue weighted by molar-refractivity contribution is 0.580. The molecule has 0 spiro atoms. The molecule has 0 aliphatic rings. The SMILES string of the molecule is CCNCc1cc(=O)[nH]c(Cc2cc(F)cc(F)c2)n1. The Morgan fingerprint density at radius 1 is 1.20 bits per heavy atom. The Labute approximate surface area is 114 Å². The first-order valence-corrected chi connectivity index (χ1v) is 6.31. The Morgan fingerprint density at radius 3 is 2.55 bits per heavy atom. The van der Waals surface area contributed by atoms with Gasteiger partial charge in [-0.2, -0.15) is 0 Å². The van der Waals surface area contributed by atoms with E-state index in [2.05, 4.69) is 15.3 Å². The van der Waals surface area contributed by atoms with E-state index in [9.17, 15) is 13.6 Å². The van der Waals surface area contributed by atoms with Gasteiger partial charge in [0.1, 0.15) is 17.5 Å². The summed E-state index contributed by atoms with van der Waals surface area (Å²) < 4.78 is 26.2. The molecule has 0 radical (unpaired) electrons. The molecule has 0 saturated heterocycles. The lowest BCUT2D eigenvalue weighted by Gasteiger charge is -2.05. The molecule has 20 heavy (non-hydrogen) atoms. The van der Waals surface area contributed by atoms with E-state index in [0.717, 1.165) is 12.6 Å². The van der Waals surface area contributed by atoms with E-state index in [1.54, 1.807) is 0 Å². The summed E-state index contributed by atoms with van der Waals surface area (Å²) in [5, 5.41) is 3.07. The van der Waals surface area contributed by atoms with E-state index in [0.29, 0.717) is 23.6 Å². The molecule has 0 unspecified atom stereocenters. The van der Waals surface area contributed by atoms with Crippen molar-refractivity contribution in [3.8, 4) is 0 Å². The number of aromatic amines is 1. The van der Waals surface area contributed by atoms with Gasteiger partial charge in [-0.3, -0.25) is 4.79 Å². The van der Waals surface area contributed by atoms with Crippen molar-refractivity contribution in [3.63, 3.8) is 0 Å². The summed E-state index contributed by atoms with van der Waals surface area (Å²) in [6, 6.07) is 4.65. The van der Waals surface area contributed by atoms with Gasteiger partial charge in [0.25, 0.3) is 5.56 Å². The monoisotopic (exact) mass is 279 g/mol. The van der Waals surface area contributed by atoms with E-state index in [4.69, 9.17) is 0 Å². The maximum atomic E-state index is 13.1. The second-order valence-corrected chi connectivity index (χ2v) is 4.42. The fourth-order valence-electron chi connectivity index (χ4n) is 1.90. The minimum Gasteiger partial charge on any atom is -0.311 e. The van der Waals surface area contributed by atoms with Gasteiger partial charge in [0.15, 0.2) is 0 Å². The van der Waals surface area contributed by atoms with Crippen LogP contribution in [0.1, 0.15) is 24.0 Å². The first-order chi connectivity index (χ1) is 9.56. The summed E-state index contributed by atoms with van der Waals surface area (Å²) in [5.74, 6) is -0.910. The first kappa shape index (κ1) is 14.3. The van der Waals surface area contributed by atoms with Crippen LogP contribution in [0.2, 0.25) is 0 Å². The van der Waals surface area contributed by atoms with Crippen molar-refractivity contribution >= 4 is 0 Å². The summed E-state index contributed by atoms with van der Waals surface area (Å²) in [7, 11) is 0. The van der Waals surface area contributed by atoms with Crippen LogP contribution in [0.15, 0.2) is 29.1 Å².